The van der Waals surface area contributed by atoms with Gasteiger partial charge in [0.2, 0.25) is 0 Å². The molecule has 1 aromatic heterocycles. The molecule has 2 nitrogen and oxygen atoms in total. The molecule has 2 heteroatoms. The van der Waals surface area contributed by atoms with Crippen LogP contribution in [0.25, 0.3) is 0 Å². The van der Waals surface area contributed by atoms with Crippen LogP contribution in [-0.4, -0.2) is 0 Å². The van der Waals surface area contributed by atoms with E-state index in [0.29, 0.717) is 12.5 Å². The molecule has 1 fully saturated rings. The van der Waals surface area contributed by atoms with Crippen LogP contribution in [0.5, 0.6) is 0 Å². The van der Waals surface area contributed by atoms with Crippen molar-refractivity contribution in [2.75, 3.05) is 0 Å². The van der Waals surface area contributed by atoms with Crippen molar-refractivity contribution in [3.63, 3.8) is 0 Å². The smallest absolute Gasteiger partial charge is 0.111 e. The molecule has 0 unspecified atom stereocenters. The predicted molar refractivity (Wildman–Crippen MR) is 57.3 cm³/mol. The number of hydrogen-bond donors (Lipinski definition) is 1. The summed E-state index contributed by atoms with van der Waals surface area (Å²) < 4.78 is 5.66. The molecule has 14 heavy (non-hydrogen) atoms. The van der Waals surface area contributed by atoms with Crippen LogP contribution in [0.2, 0.25) is 0 Å². The summed E-state index contributed by atoms with van der Waals surface area (Å²) in [6.07, 6.45) is 4.43. The highest BCUT2D eigenvalue weighted by Gasteiger charge is 2.32. The summed E-state index contributed by atoms with van der Waals surface area (Å²) in [5.74, 6) is 1.81. The Morgan fingerprint density at radius 1 is 1.43 bits per heavy atom. The van der Waals surface area contributed by atoms with E-state index in [1.165, 1.54) is 24.0 Å². The van der Waals surface area contributed by atoms with Crippen LogP contribution in [0.4, 0.5) is 0 Å². The van der Waals surface area contributed by atoms with Gasteiger partial charge in [0.1, 0.15) is 5.76 Å². The van der Waals surface area contributed by atoms with Crippen LogP contribution in [-0.2, 0) is 12.0 Å². The predicted octanol–water partition coefficient (Wildman–Crippen LogP) is 2.91. The third kappa shape index (κ3) is 1.59. The van der Waals surface area contributed by atoms with Crippen LogP contribution in [0, 0.1) is 0 Å². The average Bonchev–Trinajstić information content (AvgIpc) is 2.82. The monoisotopic (exact) mass is 193 g/mol. The SMILES string of the molecule is CC(C)(C)c1coc(C2CC2)c1CN. The van der Waals surface area contributed by atoms with Crippen molar-refractivity contribution in [2.24, 2.45) is 5.73 Å². The lowest BCUT2D eigenvalue weighted by atomic mass is 9.85. The van der Waals surface area contributed by atoms with Gasteiger partial charge in [0.05, 0.1) is 6.26 Å². The topological polar surface area (TPSA) is 39.2 Å². The van der Waals surface area contributed by atoms with E-state index in [9.17, 15) is 0 Å². The molecule has 0 bridgehead atoms. The van der Waals surface area contributed by atoms with E-state index < -0.39 is 0 Å². The lowest BCUT2D eigenvalue weighted by molar-refractivity contribution is 0.498. The third-order valence-electron chi connectivity index (χ3n) is 2.89. The quantitative estimate of drug-likeness (QED) is 0.784. The highest BCUT2D eigenvalue weighted by Crippen LogP contribution is 2.44. The van der Waals surface area contributed by atoms with Gasteiger partial charge in [-0.3, -0.25) is 0 Å². The van der Waals surface area contributed by atoms with E-state index in [2.05, 4.69) is 20.8 Å². The minimum Gasteiger partial charge on any atom is -0.468 e. The molecule has 0 saturated heterocycles. The van der Waals surface area contributed by atoms with E-state index in [0.717, 1.165) is 5.76 Å². The van der Waals surface area contributed by atoms with Gasteiger partial charge in [-0.1, -0.05) is 20.8 Å². The number of nitrogens with two attached hydrogens (primary N) is 1. The second kappa shape index (κ2) is 3.13. The molecule has 1 aromatic rings. The number of furan rings is 1. The summed E-state index contributed by atoms with van der Waals surface area (Å²) in [7, 11) is 0. The van der Waals surface area contributed by atoms with Crippen molar-refractivity contribution in [3.05, 3.63) is 23.2 Å². The van der Waals surface area contributed by atoms with Crippen molar-refractivity contribution >= 4 is 0 Å². The van der Waals surface area contributed by atoms with E-state index in [1.54, 1.807) is 0 Å². The van der Waals surface area contributed by atoms with Crippen molar-refractivity contribution in [1.29, 1.82) is 0 Å². The molecule has 0 amide bonds. The summed E-state index contributed by atoms with van der Waals surface area (Å²) in [4.78, 5) is 0. The van der Waals surface area contributed by atoms with Crippen molar-refractivity contribution in [3.8, 4) is 0 Å². The Hall–Kier alpha value is -0.760. The van der Waals surface area contributed by atoms with Crippen molar-refractivity contribution < 1.29 is 4.42 Å². The van der Waals surface area contributed by atoms with Crippen molar-refractivity contribution in [1.82, 2.24) is 0 Å². The molecule has 0 aliphatic heterocycles. The molecular formula is C12H19NO. The molecule has 0 spiro atoms. The Balaban J connectivity index is 2.41. The highest BCUT2D eigenvalue weighted by molar-refractivity contribution is 5.36. The molecule has 2 N–H and O–H groups in total. The van der Waals surface area contributed by atoms with Crippen LogP contribution in [0.1, 0.15) is 56.4 Å². The first-order valence-electron chi connectivity index (χ1n) is 5.35. The van der Waals surface area contributed by atoms with Gasteiger partial charge < -0.3 is 10.2 Å². The molecule has 0 aromatic carbocycles. The van der Waals surface area contributed by atoms with Crippen LogP contribution in [0.15, 0.2) is 10.7 Å². The molecular weight excluding hydrogens is 174 g/mol. The van der Waals surface area contributed by atoms with E-state index in [-0.39, 0.29) is 5.41 Å². The largest absolute Gasteiger partial charge is 0.468 e. The van der Waals surface area contributed by atoms with E-state index in [1.807, 2.05) is 6.26 Å². The lowest BCUT2D eigenvalue weighted by Gasteiger charge is -2.18. The molecule has 1 saturated carbocycles. The Morgan fingerprint density at radius 3 is 2.50 bits per heavy atom. The van der Waals surface area contributed by atoms with Crippen LogP contribution < -0.4 is 5.73 Å². The molecule has 1 aliphatic rings. The zero-order valence-electron chi connectivity index (χ0n) is 9.26. The average molecular weight is 193 g/mol. The maximum Gasteiger partial charge on any atom is 0.111 e. The Morgan fingerprint density at radius 2 is 2.07 bits per heavy atom. The molecule has 1 heterocycles. The van der Waals surface area contributed by atoms with Crippen LogP contribution >= 0.6 is 0 Å². The first-order valence-corrected chi connectivity index (χ1v) is 5.35. The fourth-order valence-electron chi connectivity index (χ4n) is 1.93. The van der Waals surface area contributed by atoms with Gasteiger partial charge in [0, 0.05) is 23.6 Å². The lowest BCUT2D eigenvalue weighted by Crippen LogP contribution is -2.14. The molecule has 2 rings (SSSR count). The van der Waals surface area contributed by atoms with Gasteiger partial charge in [0.25, 0.3) is 0 Å². The summed E-state index contributed by atoms with van der Waals surface area (Å²) in [6.45, 7) is 7.21. The standard InChI is InChI=1S/C12H19NO/c1-12(2,3)10-7-14-11(8-4-5-8)9(10)6-13/h7-8H,4-6,13H2,1-3H3. The summed E-state index contributed by atoms with van der Waals surface area (Å²) in [6, 6.07) is 0. The summed E-state index contributed by atoms with van der Waals surface area (Å²) in [5.41, 5.74) is 8.47. The highest BCUT2D eigenvalue weighted by atomic mass is 16.3. The maximum atomic E-state index is 5.80. The second-order valence-electron chi connectivity index (χ2n) is 5.22. The Kier molecular flexibility index (Phi) is 2.18. The van der Waals surface area contributed by atoms with Crippen molar-refractivity contribution in [2.45, 2.75) is 51.5 Å². The second-order valence-corrected chi connectivity index (χ2v) is 5.22. The number of hydrogen-bond acceptors (Lipinski definition) is 2. The molecule has 1 aliphatic carbocycles. The zero-order valence-corrected chi connectivity index (χ0v) is 9.26. The van der Waals surface area contributed by atoms with E-state index in [4.69, 9.17) is 10.2 Å². The first-order chi connectivity index (χ1) is 6.54. The minimum atomic E-state index is 0.144. The minimum absolute atomic E-state index is 0.144. The molecule has 78 valence electrons. The normalized spacial score (nSPS) is 17.4. The Labute approximate surface area is 85.5 Å². The Bertz CT molecular complexity index is 329. The van der Waals surface area contributed by atoms with Gasteiger partial charge in [0.15, 0.2) is 0 Å². The van der Waals surface area contributed by atoms with Gasteiger partial charge >= 0.3 is 0 Å². The molecule has 0 radical (unpaired) electrons. The summed E-state index contributed by atoms with van der Waals surface area (Å²) >= 11 is 0. The fraction of sp³-hybridized carbons (Fsp3) is 0.667. The summed E-state index contributed by atoms with van der Waals surface area (Å²) in [5, 5.41) is 0. The fourth-order valence-corrected chi connectivity index (χ4v) is 1.93. The van der Waals surface area contributed by atoms with Gasteiger partial charge in [-0.05, 0) is 18.3 Å². The van der Waals surface area contributed by atoms with Gasteiger partial charge in [-0.15, -0.1) is 0 Å². The zero-order chi connectivity index (χ0) is 10.3. The maximum absolute atomic E-state index is 5.80. The van der Waals surface area contributed by atoms with Gasteiger partial charge in [-0.2, -0.15) is 0 Å². The van der Waals surface area contributed by atoms with E-state index >= 15 is 0 Å². The number of rotatable bonds is 2. The van der Waals surface area contributed by atoms with Gasteiger partial charge in [-0.25, -0.2) is 0 Å². The first kappa shape index (κ1) is 9.78. The van der Waals surface area contributed by atoms with Crippen LogP contribution in [0.3, 0.4) is 0 Å². The third-order valence-corrected chi connectivity index (χ3v) is 2.89. The molecule has 0 atom stereocenters.